The molecule has 0 aromatic rings. The highest BCUT2D eigenvalue weighted by atomic mass is 16.5. The molecule has 0 amide bonds. The maximum atomic E-state index is 5.62. The summed E-state index contributed by atoms with van der Waals surface area (Å²) >= 11 is 0. The summed E-state index contributed by atoms with van der Waals surface area (Å²) in [7, 11) is 0. The second-order valence-electron chi connectivity index (χ2n) is 2.20. The Morgan fingerprint density at radius 2 is 2.44 bits per heavy atom. The molecule has 0 aromatic carbocycles. The van der Waals surface area contributed by atoms with Gasteiger partial charge in [0.25, 0.3) is 0 Å². The molecule has 0 aliphatic carbocycles. The van der Waals surface area contributed by atoms with E-state index in [0.29, 0.717) is 13.2 Å². The van der Waals surface area contributed by atoms with Crippen LogP contribution >= 0.6 is 0 Å². The monoisotopic (exact) mass is 131 g/mol. The minimum Gasteiger partial charge on any atom is -0.377 e. The second-order valence-corrected chi connectivity index (χ2v) is 2.20. The lowest BCUT2D eigenvalue weighted by Gasteiger charge is -2.11. The summed E-state index contributed by atoms with van der Waals surface area (Å²) in [5, 5.41) is 0. The third-order valence-electron chi connectivity index (χ3n) is 1.45. The van der Waals surface area contributed by atoms with Crippen LogP contribution in [0.5, 0.6) is 0 Å². The van der Waals surface area contributed by atoms with E-state index in [-0.39, 0.29) is 12.1 Å². The van der Waals surface area contributed by atoms with Crippen LogP contribution in [0.25, 0.3) is 0 Å². The van der Waals surface area contributed by atoms with Crippen LogP contribution in [0.2, 0.25) is 0 Å². The third kappa shape index (κ3) is 1.64. The standard InChI is InChI=1S/C6H13NO2/c1-2-9-6-4-8-3-5(6)7/h5-6H,2-4,7H2,1H3/t5-,6-/m1/s1. The predicted octanol–water partition coefficient (Wildman–Crippen LogP) is -0.251. The van der Waals surface area contributed by atoms with Crippen molar-refractivity contribution in [2.75, 3.05) is 19.8 Å². The molecule has 1 aliphatic rings. The van der Waals surface area contributed by atoms with Crippen LogP contribution < -0.4 is 5.73 Å². The van der Waals surface area contributed by atoms with Gasteiger partial charge in [-0.2, -0.15) is 0 Å². The van der Waals surface area contributed by atoms with Crippen LogP contribution in [-0.4, -0.2) is 32.0 Å². The molecule has 0 aromatic heterocycles. The Bertz CT molecular complexity index is 87.1. The predicted molar refractivity (Wildman–Crippen MR) is 34.2 cm³/mol. The molecule has 2 N–H and O–H groups in total. The van der Waals surface area contributed by atoms with Gasteiger partial charge in [-0.3, -0.25) is 0 Å². The van der Waals surface area contributed by atoms with Gasteiger partial charge < -0.3 is 15.2 Å². The van der Waals surface area contributed by atoms with Crippen LogP contribution in [0.4, 0.5) is 0 Å². The zero-order chi connectivity index (χ0) is 6.69. The Morgan fingerprint density at radius 1 is 1.67 bits per heavy atom. The van der Waals surface area contributed by atoms with Gasteiger partial charge in [-0.25, -0.2) is 0 Å². The van der Waals surface area contributed by atoms with Crippen LogP contribution in [0.1, 0.15) is 6.92 Å². The number of hydrogen-bond acceptors (Lipinski definition) is 3. The van der Waals surface area contributed by atoms with Crippen LogP contribution in [0.3, 0.4) is 0 Å². The molecule has 1 rings (SSSR count). The van der Waals surface area contributed by atoms with Gasteiger partial charge in [0.05, 0.1) is 25.4 Å². The van der Waals surface area contributed by atoms with Crippen LogP contribution in [0, 0.1) is 0 Å². The van der Waals surface area contributed by atoms with E-state index in [4.69, 9.17) is 15.2 Å². The lowest BCUT2D eigenvalue weighted by atomic mass is 10.2. The summed E-state index contributed by atoms with van der Waals surface area (Å²) in [6.07, 6.45) is 0.134. The lowest BCUT2D eigenvalue weighted by Crippen LogP contribution is -2.35. The SMILES string of the molecule is CCO[C@@H]1COC[C@H]1N. The Labute approximate surface area is 55.1 Å². The molecule has 0 unspecified atom stereocenters. The highest BCUT2D eigenvalue weighted by Crippen LogP contribution is 2.06. The first-order valence-electron chi connectivity index (χ1n) is 3.29. The molecule has 1 fully saturated rings. The number of rotatable bonds is 2. The lowest BCUT2D eigenvalue weighted by molar-refractivity contribution is 0.0458. The molecule has 0 spiro atoms. The average molecular weight is 131 g/mol. The fraction of sp³-hybridized carbons (Fsp3) is 1.00. The molecule has 2 atom stereocenters. The van der Waals surface area contributed by atoms with Gasteiger partial charge in [-0.1, -0.05) is 0 Å². The largest absolute Gasteiger partial charge is 0.377 e. The van der Waals surface area contributed by atoms with Gasteiger partial charge in [0, 0.05) is 6.61 Å². The molecule has 54 valence electrons. The molecule has 0 bridgehead atoms. The van der Waals surface area contributed by atoms with Gasteiger partial charge in [0.15, 0.2) is 0 Å². The topological polar surface area (TPSA) is 44.5 Å². The summed E-state index contributed by atoms with van der Waals surface area (Å²) in [4.78, 5) is 0. The zero-order valence-electron chi connectivity index (χ0n) is 5.67. The number of hydrogen-bond donors (Lipinski definition) is 1. The Kier molecular flexibility index (Phi) is 2.45. The van der Waals surface area contributed by atoms with Gasteiger partial charge in [0.1, 0.15) is 0 Å². The first kappa shape index (κ1) is 6.99. The summed E-state index contributed by atoms with van der Waals surface area (Å²) < 4.78 is 10.3. The molecule has 9 heavy (non-hydrogen) atoms. The number of nitrogens with two attached hydrogens (primary N) is 1. The van der Waals surface area contributed by atoms with E-state index < -0.39 is 0 Å². The molecule has 0 radical (unpaired) electrons. The zero-order valence-corrected chi connectivity index (χ0v) is 5.67. The van der Waals surface area contributed by atoms with Crippen LogP contribution in [0.15, 0.2) is 0 Å². The van der Waals surface area contributed by atoms with Crippen molar-refractivity contribution < 1.29 is 9.47 Å². The first-order chi connectivity index (χ1) is 4.34. The summed E-state index contributed by atoms with van der Waals surface area (Å²) in [6, 6.07) is 0.0879. The first-order valence-corrected chi connectivity index (χ1v) is 3.29. The molecule has 1 aliphatic heterocycles. The van der Waals surface area contributed by atoms with Crippen molar-refractivity contribution in [3.05, 3.63) is 0 Å². The van der Waals surface area contributed by atoms with E-state index in [1.807, 2.05) is 6.92 Å². The molecular weight excluding hydrogens is 118 g/mol. The molecule has 3 heteroatoms. The normalized spacial score (nSPS) is 35.3. The molecule has 1 heterocycles. The maximum absolute atomic E-state index is 5.62. The van der Waals surface area contributed by atoms with E-state index in [2.05, 4.69) is 0 Å². The van der Waals surface area contributed by atoms with E-state index in [0.717, 1.165) is 6.61 Å². The van der Waals surface area contributed by atoms with Crippen molar-refractivity contribution in [2.24, 2.45) is 5.73 Å². The Balaban J connectivity index is 2.22. The van der Waals surface area contributed by atoms with E-state index in [9.17, 15) is 0 Å². The van der Waals surface area contributed by atoms with Crippen molar-refractivity contribution in [2.45, 2.75) is 19.1 Å². The summed E-state index contributed by atoms with van der Waals surface area (Å²) in [6.45, 7) is 3.99. The van der Waals surface area contributed by atoms with Gasteiger partial charge in [-0.05, 0) is 6.92 Å². The van der Waals surface area contributed by atoms with Crippen molar-refractivity contribution in [1.82, 2.24) is 0 Å². The smallest absolute Gasteiger partial charge is 0.0981 e. The maximum Gasteiger partial charge on any atom is 0.0981 e. The highest BCUT2D eigenvalue weighted by molar-refractivity contribution is 4.78. The minimum absolute atomic E-state index is 0.0879. The minimum atomic E-state index is 0.0879. The summed E-state index contributed by atoms with van der Waals surface area (Å²) in [5.74, 6) is 0. The van der Waals surface area contributed by atoms with Crippen molar-refractivity contribution in [3.8, 4) is 0 Å². The number of ether oxygens (including phenoxy) is 2. The molecule has 1 saturated heterocycles. The van der Waals surface area contributed by atoms with Crippen molar-refractivity contribution >= 4 is 0 Å². The Hall–Kier alpha value is -0.120. The molecular formula is C6H13NO2. The van der Waals surface area contributed by atoms with Gasteiger partial charge in [0.2, 0.25) is 0 Å². The molecule has 0 saturated carbocycles. The second kappa shape index (κ2) is 3.15. The van der Waals surface area contributed by atoms with Crippen molar-refractivity contribution in [3.63, 3.8) is 0 Å². The fourth-order valence-electron chi connectivity index (χ4n) is 0.937. The Morgan fingerprint density at radius 3 is 2.89 bits per heavy atom. The average Bonchev–Trinajstić information content (AvgIpc) is 2.18. The van der Waals surface area contributed by atoms with Gasteiger partial charge >= 0.3 is 0 Å². The van der Waals surface area contributed by atoms with Crippen molar-refractivity contribution in [1.29, 1.82) is 0 Å². The quantitative estimate of drug-likeness (QED) is 0.562. The van der Waals surface area contributed by atoms with E-state index in [1.165, 1.54) is 0 Å². The molecule has 3 nitrogen and oxygen atoms in total. The van der Waals surface area contributed by atoms with E-state index in [1.54, 1.807) is 0 Å². The fourth-order valence-corrected chi connectivity index (χ4v) is 0.937. The van der Waals surface area contributed by atoms with Crippen LogP contribution in [-0.2, 0) is 9.47 Å². The van der Waals surface area contributed by atoms with Gasteiger partial charge in [-0.15, -0.1) is 0 Å². The summed E-state index contributed by atoms with van der Waals surface area (Å²) in [5.41, 5.74) is 5.62. The van der Waals surface area contributed by atoms with E-state index >= 15 is 0 Å². The highest BCUT2D eigenvalue weighted by Gasteiger charge is 2.24. The third-order valence-corrected chi connectivity index (χ3v) is 1.45.